The minimum absolute atomic E-state index is 0.202. The van der Waals surface area contributed by atoms with Gasteiger partial charge in [0.05, 0.1) is 12.5 Å². The molecule has 0 atom stereocenters. The number of rotatable bonds is 2. The molecular weight excluding hydrogens is 312 g/mol. The van der Waals surface area contributed by atoms with Gasteiger partial charge in [-0.1, -0.05) is 0 Å². The van der Waals surface area contributed by atoms with Crippen LogP contribution in [0.1, 0.15) is 15.2 Å². The molecular formula is C13H15ClN4O2S. The highest BCUT2D eigenvalue weighted by molar-refractivity contribution is 7.20. The van der Waals surface area contributed by atoms with Gasteiger partial charge in [0.1, 0.15) is 15.5 Å². The van der Waals surface area contributed by atoms with Crippen molar-refractivity contribution in [1.29, 1.82) is 0 Å². The summed E-state index contributed by atoms with van der Waals surface area (Å²) in [6.07, 6.45) is 0. The van der Waals surface area contributed by atoms with Gasteiger partial charge in [-0.25, -0.2) is 9.78 Å². The predicted molar refractivity (Wildman–Crippen MR) is 83.6 cm³/mol. The van der Waals surface area contributed by atoms with Crippen LogP contribution in [0.25, 0.3) is 10.2 Å². The van der Waals surface area contributed by atoms with Gasteiger partial charge in [0, 0.05) is 26.2 Å². The fourth-order valence-electron chi connectivity index (χ4n) is 2.49. The van der Waals surface area contributed by atoms with E-state index in [0.717, 1.165) is 47.8 Å². The number of hydrogen-bond acceptors (Lipinski definition) is 7. The number of esters is 1. The van der Waals surface area contributed by atoms with E-state index in [9.17, 15) is 4.79 Å². The Hall–Kier alpha value is -1.44. The fourth-order valence-corrected chi connectivity index (χ4v) is 3.79. The molecule has 2 aromatic rings. The van der Waals surface area contributed by atoms with Crippen LogP contribution < -0.4 is 10.2 Å². The van der Waals surface area contributed by atoms with Crippen molar-refractivity contribution in [3.63, 3.8) is 0 Å². The molecule has 0 aromatic carbocycles. The minimum Gasteiger partial charge on any atom is -0.465 e. The number of carbonyl (C=O) groups is 1. The molecule has 0 amide bonds. The molecule has 0 radical (unpaired) electrons. The number of halogens is 1. The zero-order valence-electron chi connectivity index (χ0n) is 11.8. The second-order valence-electron chi connectivity index (χ2n) is 4.78. The standard InChI is InChI=1S/C13H15ClN4O2S/c1-7-8-10(18-5-3-15-4-6-18)16-13(14)17-11(8)21-9(7)12(19)20-2/h15H,3-6H2,1-2H3. The third-order valence-corrected chi connectivity index (χ3v) is 4.87. The Balaban J connectivity index is 2.18. The predicted octanol–water partition coefficient (Wildman–Crippen LogP) is 1.85. The summed E-state index contributed by atoms with van der Waals surface area (Å²) >= 11 is 7.34. The van der Waals surface area contributed by atoms with Gasteiger partial charge < -0.3 is 15.0 Å². The van der Waals surface area contributed by atoms with E-state index in [-0.39, 0.29) is 11.3 Å². The second kappa shape index (κ2) is 5.75. The SMILES string of the molecule is COC(=O)c1sc2nc(Cl)nc(N3CCNCC3)c2c1C. The molecule has 1 N–H and O–H groups in total. The summed E-state index contributed by atoms with van der Waals surface area (Å²) in [7, 11) is 1.38. The van der Waals surface area contributed by atoms with E-state index in [1.165, 1.54) is 18.4 Å². The maximum Gasteiger partial charge on any atom is 0.348 e. The number of carbonyl (C=O) groups excluding carboxylic acids is 1. The average molecular weight is 327 g/mol. The van der Waals surface area contributed by atoms with E-state index in [0.29, 0.717) is 4.88 Å². The lowest BCUT2D eigenvalue weighted by molar-refractivity contribution is 0.0605. The Bertz CT molecular complexity index is 697. The van der Waals surface area contributed by atoms with Crippen LogP contribution in [0.3, 0.4) is 0 Å². The highest BCUT2D eigenvalue weighted by atomic mass is 35.5. The van der Waals surface area contributed by atoms with Gasteiger partial charge in [0.2, 0.25) is 5.28 Å². The summed E-state index contributed by atoms with van der Waals surface area (Å²) in [5, 5.41) is 4.40. The number of hydrogen-bond donors (Lipinski definition) is 1. The van der Waals surface area contributed by atoms with Crippen LogP contribution in [0.15, 0.2) is 0 Å². The van der Waals surface area contributed by atoms with Gasteiger partial charge in [-0.2, -0.15) is 4.98 Å². The number of methoxy groups -OCH3 is 1. The normalized spacial score (nSPS) is 15.5. The molecule has 0 bridgehead atoms. The molecule has 1 aliphatic heterocycles. The zero-order valence-corrected chi connectivity index (χ0v) is 13.3. The number of nitrogens with one attached hydrogen (secondary N) is 1. The first-order chi connectivity index (χ1) is 10.1. The lowest BCUT2D eigenvalue weighted by Crippen LogP contribution is -2.44. The number of nitrogens with zero attached hydrogens (tertiary/aromatic N) is 3. The Labute approximate surface area is 131 Å². The molecule has 8 heteroatoms. The number of thiophene rings is 1. The topological polar surface area (TPSA) is 67.3 Å². The Morgan fingerprint density at radius 2 is 2.10 bits per heavy atom. The highest BCUT2D eigenvalue weighted by Crippen LogP contribution is 2.36. The maximum absolute atomic E-state index is 11.9. The summed E-state index contributed by atoms with van der Waals surface area (Å²) in [4.78, 5) is 24.0. The van der Waals surface area contributed by atoms with E-state index in [1.807, 2.05) is 6.92 Å². The van der Waals surface area contributed by atoms with Crippen molar-refractivity contribution >= 4 is 44.9 Å². The lowest BCUT2D eigenvalue weighted by Gasteiger charge is -2.29. The van der Waals surface area contributed by atoms with Crippen molar-refractivity contribution in [3.05, 3.63) is 15.7 Å². The number of anilines is 1. The molecule has 1 fully saturated rings. The van der Waals surface area contributed by atoms with E-state index < -0.39 is 0 Å². The lowest BCUT2D eigenvalue weighted by atomic mass is 10.2. The Morgan fingerprint density at radius 1 is 1.38 bits per heavy atom. The molecule has 0 unspecified atom stereocenters. The molecule has 2 aromatic heterocycles. The Morgan fingerprint density at radius 3 is 2.76 bits per heavy atom. The van der Waals surface area contributed by atoms with Gasteiger partial charge in [-0.3, -0.25) is 0 Å². The summed E-state index contributed by atoms with van der Waals surface area (Å²) in [6, 6.07) is 0. The Kier molecular flexibility index (Phi) is 3.97. The number of piperazine rings is 1. The largest absolute Gasteiger partial charge is 0.465 e. The third kappa shape index (κ3) is 2.56. The van der Waals surface area contributed by atoms with Gasteiger partial charge in [-0.05, 0) is 24.1 Å². The monoisotopic (exact) mass is 326 g/mol. The maximum atomic E-state index is 11.9. The smallest absolute Gasteiger partial charge is 0.348 e. The molecule has 0 spiro atoms. The quantitative estimate of drug-likeness (QED) is 0.671. The van der Waals surface area contributed by atoms with Gasteiger partial charge >= 0.3 is 5.97 Å². The molecule has 1 saturated heterocycles. The van der Waals surface area contributed by atoms with Crippen molar-refractivity contribution in [2.45, 2.75) is 6.92 Å². The molecule has 6 nitrogen and oxygen atoms in total. The van der Waals surface area contributed by atoms with Crippen LogP contribution in [0.2, 0.25) is 5.28 Å². The third-order valence-electron chi connectivity index (χ3n) is 3.53. The van der Waals surface area contributed by atoms with Crippen LogP contribution in [0.4, 0.5) is 5.82 Å². The van der Waals surface area contributed by atoms with Crippen LogP contribution in [-0.4, -0.2) is 49.2 Å². The first-order valence-electron chi connectivity index (χ1n) is 6.62. The van der Waals surface area contributed by atoms with Crippen LogP contribution in [0.5, 0.6) is 0 Å². The van der Waals surface area contributed by atoms with E-state index in [2.05, 4.69) is 20.2 Å². The summed E-state index contributed by atoms with van der Waals surface area (Å²) in [6.45, 7) is 5.40. The van der Waals surface area contributed by atoms with Crippen molar-refractivity contribution in [2.75, 3.05) is 38.2 Å². The first-order valence-corrected chi connectivity index (χ1v) is 7.82. The fraction of sp³-hybridized carbons (Fsp3) is 0.462. The van der Waals surface area contributed by atoms with Crippen LogP contribution >= 0.6 is 22.9 Å². The summed E-state index contributed by atoms with van der Waals surface area (Å²) < 4.78 is 4.83. The van der Waals surface area contributed by atoms with Crippen molar-refractivity contribution in [2.24, 2.45) is 0 Å². The zero-order chi connectivity index (χ0) is 15.0. The number of aryl methyl sites for hydroxylation is 1. The summed E-state index contributed by atoms with van der Waals surface area (Å²) in [5.41, 5.74) is 0.854. The molecule has 1 aliphatic rings. The van der Waals surface area contributed by atoms with Crippen molar-refractivity contribution < 1.29 is 9.53 Å². The van der Waals surface area contributed by atoms with Crippen molar-refractivity contribution in [3.8, 4) is 0 Å². The van der Waals surface area contributed by atoms with Gasteiger partial charge in [0.25, 0.3) is 0 Å². The molecule has 3 heterocycles. The molecule has 112 valence electrons. The summed E-state index contributed by atoms with van der Waals surface area (Å²) in [5.74, 6) is 0.452. The number of fused-ring (bicyclic) bond motifs is 1. The molecule has 21 heavy (non-hydrogen) atoms. The number of ether oxygens (including phenoxy) is 1. The molecule has 3 rings (SSSR count). The van der Waals surface area contributed by atoms with E-state index in [1.54, 1.807) is 0 Å². The minimum atomic E-state index is -0.349. The average Bonchev–Trinajstić information content (AvgIpc) is 2.83. The van der Waals surface area contributed by atoms with Gasteiger partial charge in [-0.15, -0.1) is 11.3 Å². The van der Waals surface area contributed by atoms with E-state index in [4.69, 9.17) is 16.3 Å². The molecule has 0 aliphatic carbocycles. The van der Waals surface area contributed by atoms with E-state index >= 15 is 0 Å². The second-order valence-corrected chi connectivity index (χ2v) is 6.12. The van der Waals surface area contributed by atoms with Gasteiger partial charge in [0.15, 0.2) is 0 Å². The highest BCUT2D eigenvalue weighted by Gasteiger charge is 2.24. The molecule has 0 saturated carbocycles. The van der Waals surface area contributed by atoms with Crippen LogP contribution in [0, 0.1) is 6.92 Å². The number of aromatic nitrogens is 2. The van der Waals surface area contributed by atoms with Crippen LogP contribution in [-0.2, 0) is 4.74 Å². The van der Waals surface area contributed by atoms with Crippen molar-refractivity contribution in [1.82, 2.24) is 15.3 Å². The first kappa shape index (κ1) is 14.5.